The van der Waals surface area contributed by atoms with Gasteiger partial charge in [-0.25, -0.2) is 13.1 Å². The van der Waals surface area contributed by atoms with E-state index >= 15 is 0 Å². The zero-order chi connectivity index (χ0) is 12.7. The van der Waals surface area contributed by atoms with E-state index in [-0.39, 0.29) is 5.03 Å². The Kier molecular flexibility index (Phi) is 6.15. The summed E-state index contributed by atoms with van der Waals surface area (Å²) >= 11 is 3.36. The Balaban J connectivity index is 2.34. The van der Waals surface area contributed by atoms with Gasteiger partial charge in [0, 0.05) is 18.9 Å². The van der Waals surface area contributed by atoms with Crippen LogP contribution in [0, 0.1) is 0 Å². The van der Waals surface area contributed by atoms with E-state index in [9.17, 15) is 8.42 Å². The summed E-state index contributed by atoms with van der Waals surface area (Å²) in [6.07, 6.45) is 5.64. The monoisotopic (exact) mass is 323 g/mol. The number of halogens is 1. The molecule has 0 saturated carbocycles. The number of aromatic nitrogens is 2. The maximum absolute atomic E-state index is 11.8. The number of nitrogens with zero attached hydrogens (tertiary/aromatic N) is 2. The Morgan fingerprint density at radius 2 is 2.06 bits per heavy atom. The van der Waals surface area contributed by atoms with Crippen LogP contribution < -0.4 is 4.72 Å². The molecule has 0 atom stereocenters. The van der Waals surface area contributed by atoms with Crippen LogP contribution in [0.5, 0.6) is 0 Å². The molecule has 0 aliphatic rings. The largest absolute Gasteiger partial charge is 0.257 e. The number of hydrogen-bond donors (Lipinski definition) is 1. The van der Waals surface area contributed by atoms with Crippen LogP contribution in [0.1, 0.15) is 25.7 Å². The smallest absolute Gasteiger partial charge is 0.256 e. The molecule has 7 heteroatoms. The Labute approximate surface area is 111 Å². The number of hydrogen-bond acceptors (Lipinski definition) is 3. The summed E-state index contributed by atoms with van der Waals surface area (Å²) in [6, 6.07) is 1.49. The summed E-state index contributed by atoms with van der Waals surface area (Å²) < 4.78 is 27.6. The summed E-state index contributed by atoms with van der Waals surface area (Å²) in [6.45, 7) is 0.482. The van der Waals surface area contributed by atoms with Crippen LogP contribution >= 0.6 is 15.9 Å². The van der Waals surface area contributed by atoms with Crippen molar-refractivity contribution in [2.24, 2.45) is 7.05 Å². The lowest BCUT2D eigenvalue weighted by atomic mass is 10.2. The fraction of sp³-hybridized carbons (Fsp3) is 0.700. The minimum atomic E-state index is -3.40. The number of unbranched alkanes of at least 4 members (excludes halogenated alkanes) is 3. The topological polar surface area (TPSA) is 64.0 Å². The van der Waals surface area contributed by atoms with Crippen LogP contribution in [0.4, 0.5) is 0 Å². The molecule has 0 aliphatic heterocycles. The zero-order valence-electron chi connectivity index (χ0n) is 9.89. The molecule has 1 aromatic rings. The summed E-state index contributed by atoms with van der Waals surface area (Å²) in [7, 11) is -1.78. The highest BCUT2D eigenvalue weighted by Crippen LogP contribution is 2.06. The average molecular weight is 324 g/mol. The minimum Gasteiger partial charge on any atom is -0.256 e. The van der Waals surface area contributed by atoms with E-state index in [0.29, 0.717) is 6.54 Å². The normalized spacial score (nSPS) is 11.9. The van der Waals surface area contributed by atoms with Gasteiger partial charge in [-0.3, -0.25) is 4.68 Å². The molecule has 0 unspecified atom stereocenters. The molecule has 0 radical (unpaired) electrons. The van der Waals surface area contributed by atoms with Gasteiger partial charge in [-0.2, -0.15) is 5.10 Å². The number of nitrogens with one attached hydrogen (secondary N) is 1. The first-order valence-corrected chi connectivity index (χ1v) is 8.22. The van der Waals surface area contributed by atoms with Crippen LogP contribution in [0.15, 0.2) is 17.3 Å². The minimum absolute atomic E-state index is 0.206. The van der Waals surface area contributed by atoms with E-state index in [1.807, 2.05) is 0 Å². The third kappa shape index (κ3) is 4.77. The summed E-state index contributed by atoms with van der Waals surface area (Å²) in [5, 5.41) is 5.06. The summed E-state index contributed by atoms with van der Waals surface area (Å²) in [5.41, 5.74) is 0. The average Bonchev–Trinajstić information content (AvgIpc) is 2.70. The van der Waals surface area contributed by atoms with Crippen molar-refractivity contribution in [3.05, 3.63) is 12.3 Å². The first-order chi connectivity index (χ1) is 8.08. The lowest BCUT2D eigenvalue weighted by molar-refractivity contribution is 0.557. The molecule has 0 amide bonds. The molecular weight excluding hydrogens is 306 g/mol. The van der Waals surface area contributed by atoms with Crippen molar-refractivity contribution < 1.29 is 8.42 Å². The second-order valence-electron chi connectivity index (χ2n) is 3.79. The maximum Gasteiger partial charge on any atom is 0.257 e. The predicted octanol–water partition coefficient (Wildman–Crippen LogP) is 1.65. The van der Waals surface area contributed by atoms with Gasteiger partial charge in [-0.1, -0.05) is 28.8 Å². The molecule has 0 aromatic carbocycles. The van der Waals surface area contributed by atoms with Gasteiger partial charge in [0.05, 0.1) is 6.20 Å². The van der Waals surface area contributed by atoms with Gasteiger partial charge in [0.1, 0.15) is 0 Å². The molecule has 0 saturated heterocycles. The molecule has 1 heterocycles. The second-order valence-corrected chi connectivity index (χ2v) is 6.30. The molecule has 0 bridgehead atoms. The molecule has 1 rings (SSSR count). The lowest BCUT2D eigenvalue weighted by Crippen LogP contribution is -2.26. The van der Waals surface area contributed by atoms with Crippen molar-refractivity contribution in [2.75, 3.05) is 11.9 Å². The highest BCUT2D eigenvalue weighted by molar-refractivity contribution is 9.09. The Morgan fingerprint density at radius 3 is 2.65 bits per heavy atom. The first kappa shape index (κ1) is 14.7. The van der Waals surface area contributed by atoms with Crippen LogP contribution in [0.3, 0.4) is 0 Å². The molecule has 0 spiro atoms. The van der Waals surface area contributed by atoms with Crippen LogP contribution in [0.25, 0.3) is 0 Å². The summed E-state index contributed by atoms with van der Waals surface area (Å²) in [4.78, 5) is 0. The predicted molar refractivity (Wildman–Crippen MR) is 70.7 cm³/mol. The van der Waals surface area contributed by atoms with Gasteiger partial charge >= 0.3 is 0 Å². The van der Waals surface area contributed by atoms with Gasteiger partial charge in [0.15, 0.2) is 5.03 Å². The highest BCUT2D eigenvalue weighted by atomic mass is 79.9. The van der Waals surface area contributed by atoms with Crippen molar-refractivity contribution >= 4 is 26.0 Å². The molecule has 0 aliphatic carbocycles. The maximum atomic E-state index is 11.8. The van der Waals surface area contributed by atoms with Gasteiger partial charge < -0.3 is 0 Å². The van der Waals surface area contributed by atoms with Crippen LogP contribution in [0.2, 0.25) is 0 Å². The number of alkyl halides is 1. The van der Waals surface area contributed by atoms with Crippen molar-refractivity contribution in [1.29, 1.82) is 0 Å². The lowest BCUT2D eigenvalue weighted by Gasteiger charge is -2.06. The van der Waals surface area contributed by atoms with Crippen molar-refractivity contribution in [3.63, 3.8) is 0 Å². The van der Waals surface area contributed by atoms with Gasteiger partial charge in [0.2, 0.25) is 0 Å². The Hall–Kier alpha value is -0.400. The third-order valence-corrected chi connectivity index (χ3v) is 4.50. The fourth-order valence-corrected chi connectivity index (χ4v) is 3.07. The molecule has 17 heavy (non-hydrogen) atoms. The zero-order valence-corrected chi connectivity index (χ0v) is 12.3. The van der Waals surface area contributed by atoms with E-state index in [4.69, 9.17) is 0 Å². The molecular formula is C10H18BrN3O2S. The van der Waals surface area contributed by atoms with Gasteiger partial charge in [0.25, 0.3) is 10.0 Å². The number of sulfonamides is 1. The fourth-order valence-electron chi connectivity index (χ4n) is 1.48. The number of aryl methyl sites for hydroxylation is 1. The van der Waals surface area contributed by atoms with Crippen molar-refractivity contribution in [2.45, 2.75) is 30.7 Å². The molecule has 0 fully saturated rings. The highest BCUT2D eigenvalue weighted by Gasteiger charge is 2.16. The molecule has 98 valence electrons. The van der Waals surface area contributed by atoms with E-state index in [1.54, 1.807) is 7.05 Å². The summed E-state index contributed by atoms with van der Waals surface area (Å²) in [5.74, 6) is 0. The van der Waals surface area contributed by atoms with Gasteiger partial charge in [-0.15, -0.1) is 0 Å². The quantitative estimate of drug-likeness (QED) is 0.584. The second kappa shape index (κ2) is 7.13. The standard InChI is InChI=1S/C10H18BrN3O2S/c1-14-10(6-9-12-14)17(15,16)13-8-5-3-2-4-7-11/h6,9,13H,2-5,7-8H2,1H3. The molecule has 1 aromatic heterocycles. The van der Waals surface area contributed by atoms with Crippen LogP contribution in [-0.4, -0.2) is 30.1 Å². The Morgan fingerprint density at radius 1 is 1.35 bits per heavy atom. The number of rotatable bonds is 8. The van der Waals surface area contributed by atoms with Crippen LogP contribution in [-0.2, 0) is 17.1 Å². The van der Waals surface area contributed by atoms with E-state index in [0.717, 1.165) is 31.0 Å². The van der Waals surface area contributed by atoms with E-state index < -0.39 is 10.0 Å². The van der Waals surface area contributed by atoms with Crippen molar-refractivity contribution in [3.8, 4) is 0 Å². The van der Waals surface area contributed by atoms with Crippen molar-refractivity contribution in [1.82, 2.24) is 14.5 Å². The van der Waals surface area contributed by atoms with Gasteiger partial charge in [-0.05, 0) is 18.9 Å². The Bertz CT molecular complexity index is 431. The SMILES string of the molecule is Cn1nccc1S(=O)(=O)NCCCCCCBr. The third-order valence-electron chi connectivity index (χ3n) is 2.40. The first-order valence-electron chi connectivity index (χ1n) is 5.61. The van der Waals surface area contributed by atoms with E-state index in [1.165, 1.54) is 16.9 Å². The molecule has 5 nitrogen and oxygen atoms in total. The molecule has 1 N–H and O–H groups in total. The van der Waals surface area contributed by atoms with E-state index in [2.05, 4.69) is 25.8 Å².